The quantitative estimate of drug-likeness (QED) is 0.126. The van der Waals surface area contributed by atoms with Gasteiger partial charge >= 0.3 is 5.97 Å². The Balaban J connectivity index is 1.27. The number of carbonyl (C=O) groups is 1. The third-order valence-corrected chi connectivity index (χ3v) is 19.0. The maximum atomic E-state index is 14.1. The predicted octanol–water partition coefficient (Wildman–Crippen LogP) is 23.5. The number of esters is 1. The normalized spacial score (nSPS) is 13.0. The largest absolute Gasteiger partial charge is 0.457 e. The Morgan fingerprint density at radius 1 is 0.320 bits per heavy atom. The molecule has 0 radical (unpaired) electrons. The van der Waals surface area contributed by atoms with Crippen LogP contribution >= 0.6 is 0 Å². The van der Waals surface area contributed by atoms with E-state index in [1.807, 2.05) is 48.5 Å². The second kappa shape index (κ2) is 24.9. The average Bonchev–Trinajstić information content (AvgIpc) is 1.66. The lowest BCUT2D eigenvalue weighted by molar-refractivity contribution is 0.0473. The second-order valence-electron chi connectivity index (χ2n) is 35.3. The minimum Gasteiger partial charge on any atom is -0.457 e. The van der Waals surface area contributed by atoms with Crippen LogP contribution in [0, 0.1) is 0 Å². The molecule has 3 heterocycles. The van der Waals surface area contributed by atoms with Gasteiger partial charge in [-0.2, -0.15) is 0 Å². The van der Waals surface area contributed by atoms with Gasteiger partial charge in [0.15, 0.2) is 23.3 Å². The fraction of sp³-hybridized carbons (Fsp3) is 0.371. The monoisotopic (exact) mass is 1290 g/mol. The van der Waals surface area contributed by atoms with Crippen molar-refractivity contribution >= 4 is 27.8 Å². The molecule has 8 aromatic carbocycles. The zero-order chi connectivity index (χ0) is 70.5. The summed E-state index contributed by atoms with van der Waals surface area (Å²) in [4.78, 5) is 42.6. The lowest BCUT2D eigenvalue weighted by Gasteiger charge is -2.27. The number of benzene rings is 8. The Morgan fingerprint density at radius 2 is 0.680 bits per heavy atom. The van der Waals surface area contributed by atoms with E-state index < -0.39 is 5.97 Å². The van der Waals surface area contributed by atoms with Crippen LogP contribution in [0.2, 0.25) is 0 Å². The van der Waals surface area contributed by atoms with Gasteiger partial charge in [-0.25, -0.2) is 29.7 Å². The van der Waals surface area contributed by atoms with Crippen molar-refractivity contribution in [3.8, 4) is 73.8 Å². The van der Waals surface area contributed by atoms with Gasteiger partial charge in [-0.15, -0.1) is 0 Å². The van der Waals surface area contributed by atoms with Crippen LogP contribution in [0.1, 0.15) is 227 Å². The number of fused-ring (bicyclic) bond motifs is 3. The summed E-state index contributed by atoms with van der Waals surface area (Å²) in [7, 11) is 0. The van der Waals surface area contributed by atoms with Crippen LogP contribution in [0.5, 0.6) is 0 Å². The molecule has 8 heteroatoms. The first-order valence-electron chi connectivity index (χ1n) is 34.7. The predicted molar refractivity (Wildman–Crippen MR) is 408 cm³/mol. The Labute approximate surface area is 578 Å². The summed E-state index contributed by atoms with van der Waals surface area (Å²) < 4.78 is 8.28. The molecule has 0 N–H and O–H groups in total. The fourth-order valence-electron chi connectivity index (χ4n) is 12.4. The summed E-state index contributed by atoms with van der Waals surface area (Å²) >= 11 is 0. The summed E-state index contributed by atoms with van der Waals surface area (Å²) in [5.74, 6) is 1.88. The number of aromatic nitrogens is 6. The first-order chi connectivity index (χ1) is 45.0. The van der Waals surface area contributed by atoms with Crippen molar-refractivity contribution < 1.29 is 9.53 Å². The number of rotatable bonds is 10. The van der Waals surface area contributed by atoms with Gasteiger partial charge in [-0.3, -0.25) is 0 Å². The highest BCUT2D eigenvalue weighted by atomic mass is 16.5. The molecule has 0 aliphatic heterocycles. The molecule has 0 fully saturated rings. The molecular formula is C89H102N6O2. The Kier molecular flexibility index (Phi) is 17.8. The summed E-state index contributed by atoms with van der Waals surface area (Å²) in [5.41, 5.74) is 19.4. The minimum absolute atomic E-state index is 0.144. The highest BCUT2D eigenvalue weighted by molar-refractivity contribution is 6.11. The van der Waals surface area contributed by atoms with Gasteiger partial charge in [0.05, 0.1) is 33.7 Å². The molecule has 500 valence electrons. The Morgan fingerprint density at radius 3 is 1.10 bits per heavy atom. The van der Waals surface area contributed by atoms with Crippen molar-refractivity contribution in [3.05, 3.63) is 225 Å². The molecule has 0 saturated heterocycles. The highest BCUT2D eigenvalue weighted by Gasteiger charge is 2.30. The van der Waals surface area contributed by atoms with Gasteiger partial charge in [-0.1, -0.05) is 245 Å². The standard InChI is InChI=1S/C89H102N6O2/c1-82(2,3)61-38-57(39-62(48-61)83(4,5)6)73-52-72(90-77(91-73)58-40-63(84(7,8)9)49-64(41-58)85(10,11)12)55-34-36-76(95-74-33-29-28-32-69(74)70-47-56(35-37-75(70)95)81(96)97-53-54-30-26-25-27-31-54)71(46-55)80-93-78(59-42-65(86(13,14)15)50-66(43-59)87(16,17)18)92-79(94-80)60-44-67(88(19,20)21)51-68(45-60)89(22,23)24/h25-52H,53H2,1-24H3. The first-order valence-corrected chi connectivity index (χ1v) is 34.7. The zero-order valence-corrected chi connectivity index (χ0v) is 62.4. The van der Waals surface area contributed by atoms with Gasteiger partial charge in [0.1, 0.15) is 6.61 Å². The Bertz CT molecular complexity index is 4520. The average molecular weight is 1290 g/mol. The van der Waals surface area contributed by atoms with Crippen LogP contribution in [-0.2, 0) is 54.7 Å². The van der Waals surface area contributed by atoms with Gasteiger partial charge in [0.2, 0.25) is 0 Å². The Hall–Kier alpha value is -8.88. The van der Waals surface area contributed by atoms with E-state index in [2.05, 4.69) is 292 Å². The molecule has 0 saturated carbocycles. The van der Waals surface area contributed by atoms with E-state index in [9.17, 15) is 4.79 Å². The first kappa shape index (κ1) is 69.5. The number of nitrogens with zero attached hydrogens (tertiary/aromatic N) is 6. The van der Waals surface area contributed by atoms with E-state index in [0.29, 0.717) is 28.9 Å². The van der Waals surface area contributed by atoms with Crippen LogP contribution in [0.15, 0.2) is 170 Å². The summed E-state index contributed by atoms with van der Waals surface area (Å²) in [6, 6.07) is 60.7. The van der Waals surface area contributed by atoms with Gasteiger partial charge < -0.3 is 9.30 Å². The topological polar surface area (TPSA) is 95.7 Å². The van der Waals surface area contributed by atoms with E-state index in [1.165, 1.54) is 44.5 Å². The molecule has 11 rings (SSSR count). The van der Waals surface area contributed by atoms with Crippen LogP contribution in [-0.4, -0.2) is 35.5 Å². The molecule has 0 spiro atoms. The molecule has 0 bridgehead atoms. The van der Waals surface area contributed by atoms with E-state index >= 15 is 0 Å². The third-order valence-electron chi connectivity index (χ3n) is 19.0. The molecule has 0 aliphatic carbocycles. The molecule has 0 unspecified atom stereocenters. The number of para-hydroxylation sites is 1. The lowest BCUT2D eigenvalue weighted by atomic mass is 9.79. The molecule has 3 aromatic heterocycles. The van der Waals surface area contributed by atoms with Crippen molar-refractivity contribution in [1.82, 2.24) is 29.5 Å². The molecule has 0 aliphatic rings. The maximum Gasteiger partial charge on any atom is 0.338 e. The third kappa shape index (κ3) is 15.0. The van der Waals surface area contributed by atoms with Gasteiger partial charge in [0.25, 0.3) is 0 Å². The lowest BCUT2D eigenvalue weighted by Crippen LogP contribution is -2.17. The highest BCUT2D eigenvalue weighted by Crippen LogP contribution is 2.44. The van der Waals surface area contributed by atoms with E-state index in [-0.39, 0.29) is 49.9 Å². The van der Waals surface area contributed by atoms with E-state index in [0.717, 1.165) is 77.8 Å². The van der Waals surface area contributed by atoms with Crippen LogP contribution in [0.4, 0.5) is 0 Å². The number of hydrogen-bond donors (Lipinski definition) is 0. The van der Waals surface area contributed by atoms with E-state index in [4.69, 9.17) is 29.7 Å². The number of hydrogen-bond acceptors (Lipinski definition) is 7. The summed E-state index contributed by atoms with van der Waals surface area (Å²) in [5, 5.41) is 1.89. The number of carbonyl (C=O) groups excluding carboxylic acids is 1. The maximum absolute atomic E-state index is 14.1. The van der Waals surface area contributed by atoms with Crippen molar-refractivity contribution in [2.24, 2.45) is 0 Å². The molecular weight excluding hydrogens is 1190 g/mol. The SMILES string of the molecule is CC(C)(C)c1cc(-c2cc(-c3ccc(-n4c5ccccc5c5cc(C(=O)OCc6ccccc6)ccc54)c(-c4nc(-c5cc(C(C)(C)C)cc(C(C)(C)C)c5)nc(-c5cc(C(C)(C)C)cc(C(C)(C)C)c5)n4)c3)nc(-c3cc(C(C)(C)C)cc(C(C)(C)C)c3)n2)cc(C(C)(C)C)c1. The smallest absolute Gasteiger partial charge is 0.338 e. The molecule has 0 atom stereocenters. The second-order valence-corrected chi connectivity index (χ2v) is 35.3. The number of ether oxygens (including phenoxy) is 1. The zero-order valence-electron chi connectivity index (χ0n) is 62.4. The van der Waals surface area contributed by atoms with Gasteiger partial charge in [0, 0.05) is 44.2 Å². The molecule has 0 amide bonds. The van der Waals surface area contributed by atoms with Crippen molar-refractivity contribution in [3.63, 3.8) is 0 Å². The van der Waals surface area contributed by atoms with Crippen molar-refractivity contribution in [1.29, 1.82) is 0 Å². The van der Waals surface area contributed by atoms with Crippen molar-refractivity contribution in [2.75, 3.05) is 0 Å². The molecule has 97 heavy (non-hydrogen) atoms. The minimum atomic E-state index is -0.392. The van der Waals surface area contributed by atoms with Crippen LogP contribution in [0.3, 0.4) is 0 Å². The summed E-state index contributed by atoms with van der Waals surface area (Å²) in [6.45, 7) is 54.8. The van der Waals surface area contributed by atoms with E-state index in [1.54, 1.807) is 0 Å². The summed E-state index contributed by atoms with van der Waals surface area (Å²) in [6.07, 6.45) is 0. The van der Waals surface area contributed by atoms with Crippen molar-refractivity contribution in [2.45, 2.75) is 216 Å². The van der Waals surface area contributed by atoms with Crippen LogP contribution in [0.25, 0.3) is 95.6 Å². The molecule has 11 aromatic rings. The van der Waals surface area contributed by atoms with Gasteiger partial charge in [-0.05, 0) is 184 Å². The molecule has 8 nitrogen and oxygen atoms in total. The van der Waals surface area contributed by atoms with Crippen LogP contribution < -0.4 is 0 Å². The fourth-order valence-corrected chi connectivity index (χ4v) is 12.4.